The van der Waals surface area contributed by atoms with E-state index in [0.717, 1.165) is 21.9 Å². The maximum absolute atomic E-state index is 12.8. The Morgan fingerprint density at radius 1 is 1.03 bits per heavy atom. The number of hydrogen-bond donors (Lipinski definition) is 0. The van der Waals surface area contributed by atoms with Gasteiger partial charge in [0, 0.05) is 29.8 Å². The molecule has 0 spiro atoms. The first-order valence-electron chi connectivity index (χ1n) is 9.79. The summed E-state index contributed by atoms with van der Waals surface area (Å²) in [6.45, 7) is 1.92. The summed E-state index contributed by atoms with van der Waals surface area (Å²) in [5, 5.41) is 4.84. The zero-order valence-electron chi connectivity index (χ0n) is 16.9. The molecule has 8 heteroatoms. The van der Waals surface area contributed by atoms with Crippen molar-refractivity contribution in [1.82, 2.24) is 19.3 Å². The van der Waals surface area contributed by atoms with Crippen molar-refractivity contribution in [2.45, 2.75) is 6.92 Å². The fraction of sp³-hybridized carbons (Fsp3) is 0.130. The molecule has 0 saturated heterocycles. The Morgan fingerprint density at radius 2 is 1.81 bits per heavy atom. The van der Waals surface area contributed by atoms with Gasteiger partial charge in [-0.3, -0.25) is 9.36 Å². The topological polar surface area (TPSA) is 92.2 Å². The third-order valence-corrected chi connectivity index (χ3v) is 5.21. The van der Waals surface area contributed by atoms with Crippen LogP contribution in [0.3, 0.4) is 0 Å². The molecule has 0 aliphatic rings. The second kappa shape index (κ2) is 7.24. The second-order valence-electron chi connectivity index (χ2n) is 7.01. The Morgan fingerprint density at radius 3 is 2.58 bits per heavy atom. The minimum atomic E-state index is -0.660. The van der Waals surface area contributed by atoms with Crippen LogP contribution >= 0.6 is 0 Å². The normalized spacial score (nSPS) is 11.3. The van der Waals surface area contributed by atoms with Crippen LogP contribution in [0.5, 0.6) is 0 Å². The number of benzene rings is 2. The number of carbonyl (C=O) groups is 1. The number of para-hydroxylation sites is 1. The highest BCUT2D eigenvalue weighted by molar-refractivity contribution is 6.06. The largest absolute Gasteiger partial charge is 0.459 e. The van der Waals surface area contributed by atoms with Gasteiger partial charge in [0.25, 0.3) is 5.56 Å². The van der Waals surface area contributed by atoms with E-state index in [9.17, 15) is 9.59 Å². The lowest BCUT2D eigenvalue weighted by molar-refractivity contribution is 0.0470. The van der Waals surface area contributed by atoms with Gasteiger partial charge >= 0.3 is 11.9 Å². The van der Waals surface area contributed by atoms with Gasteiger partial charge in [0.2, 0.25) is 5.82 Å². The van der Waals surface area contributed by atoms with Gasteiger partial charge in [0.1, 0.15) is 0 Å². The van der Waals surface area contributed by atoms with E-state index >= 15 is 0 Å². The number of rotatable bonds is 4. The minimum Gasteiger partial charge on any atom is -0.459 e. The number of nitrogens with zero attached hydrogens (tertiary/aromatic N) is 4. The molecule has 0 amide bonds. The molecule has 0 aliphatic heterocycles. The smallest absolute Gasteiger partial charge is 0.397 e. The number of pyridine rings is 1. The second-order valence-corrected chi connectivity index (χ2v) is 7.01. The van der Waals surface area contributed by atoms with E-state index < -0.39 is 5.97 Å². The predicted octanol–water partition coefficient (Wildman–Crippen LogP) is 3.71. The van der Waals surface area contributed by atoms with Crippen molar-refractivity contribution >= 4 is 27.9 Å². The van der Waals surface area contributed by atoms with Gasteiger partial charge in [0.15, 0.2) is 0 Å². The van der Waals surface area contributed by atoms with Crippen molar-refractivity contribution in [2.75, 3.05) is 6.61 Å². The molecule has 3 heterocycles. The van der Waals surface area contributed by atoms with Crippen LogP contribution in [0, 0.1) is 0 Å². The Kier molecular flexibility index (Phi) is 4.39. The van der Waals surface area contributed by atoms with Crippen molar-refractivity contribution in [3.05, 3.63) is 76.9 Å². The minimum absolute atomic E-state index is 0.124. The first-order valence-corrected chi connectivity index (χ1v) is 9.79. The SMILES string of the molecule is CCOC(=O)c1nc(-c2ccc(-n3c(=O)ccc4c3c3ccccc3n4C)cc2)no1. The lowest BCUT2D eigenvalue weighted by atomic mass is 10.1. The third-order valence-electron chi connectivity index (χ3n) is 5.21. The quantitative estimate of drug-likeness (QED) is 0.416. The Hall–Kier alpha value is -4.20. The van der Waals surface area contributed by atoms with Crippen LogP contribution in [-0.4, -0.2) is 31.9 Å². The molecule has 0 fully saturated rings. The Labute approximate surface area is 176 Å². The number of aryl methyl sites for hydroxylation is 1. The average Bonchev–Trinajstić information content (AvgIpc) is 3.39. The summed E-state index contributed by atoms with van der Waals surface area (Å²) in [7, 11) is 1.99. The first kappa shape index (κ1) is 18.8. The van der Waals surface area contributed by atoms with Gasteiger partial charge in [-0.05, 0) is 43.3 Å². The standard InChI is InChI=1S/C23H18N4O4/c1-3-30-23(29)22-24-21(25-31-22)14-8-10-15(11-9-14)27-19(28)13-12-18-20(27)16-6-4-5-7-17(16)26(18)2/h4-13H,3H2,1-2H3. The Balaban J connectivity index is 1.61. The molecule has 0 N–H and O–H groups in total. The van der Waals surface area contributed by atoms with E-state index in [1.807, 2.05) is 49.5 Å². The van der Waals surface area contributed by atoms with E-state index in [4.69, 9.17) is 9.26 Å². The molecule has 31 heavy (non-hydrogen) atoms. The summed E-state index contributed by atoms with van der Waals surface area (Å²) in [6, 6.07) is 18.6. The van der Waals surface area contributed by atoms with Crippen molar-refractivity contribution in [3.63, 3.8) is 0 Å². The maximum Gasteiger partial charge on any atom is 0.397 e. The van der Waals surface area contributed by atoms with Gasteiger partial charge in [-0.15, -0.1) is 0 Å². The summed E-state index contributed by atoms with van der Waals surface area (Å²) in [5.74, 6) is -0.588. The lowest BCUT2D eigenvalue weighted by Crippen LogP contribution is -2.17. The highest BCUT2D eigenvalue weighted by atomic mass is 16.6. The summed E-state index contributed by atoms with van der Waals surface area (Å²) in [6.07, 6.45) is 0. The van der Waals surface area contributed by atoms with E-state index in [0.29, 0.717) is 11.3 Å². The number of aromatic nitrogens is 4. The fourth-order valence-electron chi connectivity index (χ4n) is 3.79. The van der Waals surface area contributed by atoms with Crippen molar-refractivity contribution in [2.24, 2.45) is 7.05 Å². The molecule has 2 aromatic carbocycles. The van der Waals surface area contributed by atoms with Crippen LogP contribution in [0.2, 0.25) is 0 Å². The summed E-state index contributed by atoms with van der Waals surface area (Å²) in [4.78, 5) is 28.7. The highest BCUT2D eigenvalue weighted by Gasteiger charge is 2.18. The van der Waals surface area contributed by atoms with Crippen LogP contribution in [0.15, 0.2) is 70.0 Å². The molecule has 154 valence electrons. The maximum atomic E-state index is 12.8. The molecule has 5 aromatic rings. The molecular formula is C23H18N4O4. The number of ether oxygens (including phenoxy) is 1. The number of carbonyl (C=O) groups excluding carboxylic acids is 1. The van der Waals surface area contributed by atoms with Crippen molar-refractivity contribution < 1.29 is 14.1 Å². The Bertz CT molecular complexity index is 1490. The van der Waals surface area contributed by atoms with Crippen molar-refractivity contribution in [1.29, 1.82) is 0 Å². The fourth-order valence-corrected chi connectivity index (χ4v) is 3.79. The molecule has 0 bridgehead atoms. The first-order chi connectivity index (χ1) is 15.1. The molecular weight excluding hydrogens is 396 g/mol. The van der Waals surface area contributed by atoms with Crippen LogP contribution in [0.1, 0.15) is 17.6 Å². The zero-order chi connectivity index (χ0) is 21.5. The average molecular weight is 414 g/mol. The van der Waals surface area contributed by atoms with Crippen LogP contribution < -0.4 is 5.56 Å². The van der Waals surface area contributed by atoms with E-state index in [-0.39, 0.29) is 23.9 Å². The van der Waals surface area contributed by atoms with Crippen LogP contribution in [-0.2, 0) is 11.8 Å². The lowest BCUT2D eigenvalue weighted by Gasteiger charge is -2.09. The van der Waals surface area contributed by atoms with E-state index in [1.54, 1.807) is 29.7 Å². The molecule has 0 aliphatic carbocycles. The number of esters is 1. The summed E-state index contributed by atoms with van der Waals surface area (Å²) in [5.41, 5.74) is 4.10. The van der Waals surface area contributed by atoms with E-state index in [1.165, 1.54) is 0 Å². The molecule has 3 aromatic heterocycles. The van der Waals surface area contributed by atoms with Gasteiger partial charge < -0.3 is 13.8 Å². The predicted molar refractivity (Wildman–Crippen MR) is 115 cm³/mol. The van der Waals surface area contributed by atoms with Gasteiger partial charge in [-0.2, -0.15) is 4.98 Å². The van der Waals surface area contributed by atoms with E-state index in [2.05, 4.69) is 14.7 Å². The molecule has 0 radical (unpaired) electrons. The van der Waals surface area contributed by atoms with Crippen LogP contribution in [0.4, 0.5) is 0 Å². The van der Waals surface area contributed by atoms with Crippen molar-refractivity contribution in [3.8, 4) is 17.1 Å². The number of fused-ring (bicyclic) bond motifs is 3. The van der Waals surface area contributed by atoms with Crippen LogP contribution in [0.25, 0.3) is 39.0 Å². The molecule has 5 rings (SSSR count). The molecule has 0 atom stereocenters. The highest BCUT2D eigenvalue weighted by Crippen LogP contribution is 2.29. The zero-order valence-corrected chi connectivity index (χ0v) is 16.9. The van der Waals surface area contributed by atoms with Gasteiger partial charge in [0.05, 0.1) is 23.2 Å². The monoisotopic (exact) mass is 414 g/mol. The van der Waals surface area contributed by atoms with Gasteiger partial charge in [-0.25, -0.2) is 4.79 Å². The van der Waals surface area contributed by atoms with Gasteiger partial charge in [-0.1, -0.05) is 23.4 Å². The number of hydrogen-bond acceptors (Lipinski definition) is 6. The summed E-state index contributed by atoms with van der Waals surface area (Å²) < 4.78 is 13.6. The summed E-state index contributed by atoms with van der Waals surface area (Å²) >= 11 is 0. The molecule has 0 saturated carbocycles. The molecule has 8 nitrogen and oxygen atoms in total. The third kappa shape index (κ3) is 3.00. The molecule has 0 unspecified atom stereocenters.